The van der Waals surface area contributed by atoms with Crippen LogP contribution in [0.5, 0.6) is 5.75 Å². The number of carbonyl (C=O) groups excluding carboxylic acids is 4. The molecule has 218 valence electrons. The maximum atomic E-state index is 13.7. The molecule has 0 unspecified atom stereocenters. The second-order valence-electron chi connectivity index (χ2n) is 11.6. The first-order chi connectivity index (χ1) is 19.3. The molecule has 1 heterocycles. The zero-order chi connectivity index (χ0) is 28.5. The minimum Gasteiger partial charge on any atom is -0.497 e. The molecule has 8 nitrogen and oxygen atoms in total. The zero-order valence-corrected chi connectivity index (χ0v) is 24.0. The molecule has 0 aromatic heterocycles. The van der Waals surface area contributed by atoms with Gasteiger partial charge in [0.15, 0.2) is 5.78 Å². The maximum Gasteiger partial charge on any atom is 0.223 e. The highest BCUT2D eigenvalue weighted by Crippen LogP contribution is 2.37. The van der Waals surface area contributed by atoms with Gasteiger partial charge in [-0.1, -0.05) is 30.7 Å². The third-order valence-electron chi connectivity index (χ3n) is 8.26. The zero-order valence-electron chi connectivity index (χ0n) is 24.0. The van der Waals surface area contributed by atoms with E-state index in [0.717, 1.165) is 37.7 Å². The Morgan fingerprint density at radius 2 is 1.77 bits per heavy atom. The summed E-state index contributed by atoms with van der Waals surface area (Å²) < 4.78 is 10.6. The van der Waals surface area contributed by atoms with Gasteiger partial charge < -0.3 is 14.8 Å². The molecule has 2 fully saturated rings. The molecule has 1 saturated carbocycles. The molecule has 4 rings (SSSR count). The number of rotatable bonds is 16. The predicted octanol–water partition coefficient (Wildman–Crippen LogP) is 3.70. The summed E-state index contributed by atoms with van der Waals surface area (Å²) >= 11 is 0. The number of ether oxygens (including phenoxy) is 2. The fourth-order valence-corrected chi connectivity index (χ4v) is 5.66. The van der Waals surface area contributed by atoms with Crippen molar-refractivity contribution in [2.75, 3.05) is 40.0 Å². The smallest absolute Gasteiger partial charge is 0.223 e. The van der Waals surface area contributed by atoms with Crippen LogP contribution in [0.3, 0.4) is 0 Å². The van der Waals surface area contributed by atoms with Crippen molar-refractivity contribution in [2.45, 2.75) is 70.8 Å². The van der Waals surface area contributed by atoms with E-state index in [2.05, 4.69) is 11.4 Å². The van der Waals surface area contributed by atoms with Gasteiger partial charge in [-0.25, -0.2) is 0 Å². The monoisotopic (exact) mass is 552 g/mol. The van der Waals surface area contributed by atoms with Gasteiger partial charge in [0.25, 0.3) is 0 Å². The summed E-state index contributed by atoms with van der Waals surface area (Å²) in [6.45, 7) is 4.67. The van der Waals surface area contributed by atoms with Crippen molar-refractivity contribution in [3.8, 4) is 5.75 Å². The van der Waals surface area contributed by atoms with Crippen LogP contribution >= 0.6 is 0 Å². The maximum absolute atomic E-state index is 13.7. The summed E-state index contributed by atoms with van der Waals surface area (Å²) in [7, 11) is 1.60. The number of methoxy groups -OCH3 is 1. The lowest BCUT2D eigenvalue weighted by Gasteiger charge is -2.26. The number of hydrogen-bond donors (Lipinski definition) is 1. The van der Waals surface area contributed by atoms with Gasteiger partial charge in [0, 0.05) is 43.7 Å². The van der Waals surface area contributed by atoms with Gasteiger partial charge in [0.1, 0.15) is 17.3 Å². The Labute approximate surface area is 237 Å². The van der Waals surface area contributed by atoms with Crippen LogP contribution in [0, 0.1) is 17.8 Å². The normalized spacial score (nSPS) is 19.8. The largest absolute Gasteiger partial charge is 0.497 e. The van der Waals surface area contributed by atoms with E-state index >= 15 is 0 Å². The topological polar surface area (TPSA) is 102 Å². The van der Waals surface area contributed by atoms with Crippen LogP contribution in [0.4, 0.5) is 0 Å². The van der Waals surface area contributed by atoms with Crippen LogP contribution in [0.2, 0.25) is 0 Å². The van der Waals surface area contributed by atoms with Crippen molar-refractivity contribution in [3.63, 3.8) is 0 Å². The molecule has 1 N–H and O–H groups in total. The average molecular weight is 553 g/mol. The number of benzene rings is 1. The minimum absolute atomic E-state index is 0.00233. The molecule has 1 aliphatic heterocycles. The Morgan fingerprint density at radius 3 is 2.40 bits per heavy atom. The number of Topliss-reactive ketones (excluding diaryl/α,β-unsaturated/α-hetero) is 3. The van der Waals surface area contributed by atoms with E-state index in [1.165, 1.54) is 5.57 Å². The molecule has 8 heteroatoms. The fraction of sp³-hybridized carbons (Fsp3) is 0.625. The molecule has 3 atom stereocenters. The number of nitrogens with one attached hydrogen (secondary N) is 1. The van der Waals surface area contributed by atoms with E-state index in [-0.39, 0.29) is 47.9 Å². The standard InChI is InChI=1S/C32H44N2O6/c1-22(17-27(35)21-34-13-15-40-16-14-34)32(38)33-29(19-24-7-11-28(39-2)12-8-24)30(36)20-26(31(37)25-9-10-25)18-23-5-3-4-6-23/h5,7-8,11-12,22,25-26,29H,3-4,6,9-10,13-21H2,1-2H3,(H,33,38)/t22-,26-,29+/m1/s1. The third kappa shape index (κ3) is 9.10. The lowest BCUT2D eigenvalue weighted by Crippen LogP contribution is -2.46. The van der Waals surface area contributed by atoms with Gasteiger partial charge in [0.05, 0.1) is 32.9 Å². The first-order valence-electron chi connectivity index (χ1n) is 14.8. The average Bonchev–Trinajstić information content (AvgIpc) is 3.68. The van der Waals surface area contributed by atoms with Crippen molar-refractivity contribution in [1.29, 1.82) is 0 Å². The Kier molecular flexibility index (Phi) is 11.1. The predicted molar refractivity (Wildman–Crippen MR) is 152 cm³/mol. The van der Waals surface area contributed by atoms with Gasteiger partial charge >= 0.3 is 0 Å². The number of carbonyl (C=O) groups is 4. The van der Waals surface area contributed by atoms with Crippen LogP contribution in [-0.4, -0.2) is 74.2 Å². The Hall–Kier alpha value is -2.84. The van der Waals surface area contributed by atoms with Crippen molar-refractivity contribution < 1.29 is 28.7 Å². The minimum atomic E-state index is -0.773. The number of morpholine rings is 1. The van der Waals surface area contributed by atoms with E-state index in [4.69, 9.17) is 9.47 Å². The third-order valence-corrected chi connectivity index (χ3v) is 8.26. The summed E-state index contributed by atoms with van der Waals surface area (Å²) in [5, 5.41) is 2.95. The molecule has 3 aliphatic rings. The molecular formula is C32H44N2O6. The van der Waals surface area contributed by atoms with Gasteiger partial charge in [0.2, 0.25) is 5.91 Å². The molecule has 1 aromatic carbocycles. The number of hydrogen-bond acceptors (Lipinski definition) is 7. The van der Waals surface area contributed by atoms with Gasteiger partial charge in [-0.2, -0.15) is 0 Å². The first-order valence-corrected chi connectivity index (χ1v) is 14.8. The Morgan fingerprint density at radius 1 is 1.05 bits per heavy atom. The van der Waals surface area contributed by atoms with Crippen LogP contribution in [0.15, 0.2) is 35.9 Å². The summed E-state index contributed by atoms with van der Waals surface area (Å²) in [6.07, 6.45) is 8.34. The van der Waals surface area contributed by atoms with Gasteiger partial charge in [-0.05, 0) is 62.6 Å². The number of amides is 1. The highest BCUT2D eigenvalue weighted by Gasteiger charge is 2.37. The number of ketones is 3. The molecule has 1 aromatic rings. The Balaban J connectivity index is 1.42. The van der Waals surface area contributed by atoms with E-state index in [9.17, 15) is 19.2 Å². The fourth-order valence-electron chi connectivity index (χ4n) is 5.66. The first kappa shape index (κ1) is 30.1. The molecule has 1 amide bonds. The summed E-state index contributed by atoms with van der Waals surface area (Å²) in [5.74, 6) is -0.367. The second kappa shape index (κ2) is 14.7. The SMILES string of the molecule is COc1ccc(C[C@H](NC(=O)[C@H](C)CC(=O)CN2CCOCC2)C(=O)C[C@@H](CC2=CCCC2)C(=O)C2CC2)cc1. The molecule has 0 bridgehead atoms. The van der Waals surface area contributed by atoms with Crippen molar-refractivity contribution in [1.82, 2.24) is 10.2 Å². The lowest BCUT2D eigenvalue weighted by molar-refractivity contribution is -0.133. The molecular weight excluding hydrogens is 508 g/mol. The molecule has 0 radical (unpaired) electrons. The van der Waals surface area contributed by atoms with Crippen molar-refractivity contribution >= 4 is 23.3 Å². The molecule has 0 spiro atoms. The number of allylic oxidation sites excluding steroid dienone is 2. The second-order valence-corrected chi connectivity index (χ2v) is 11.6. The molecule has 2 aliphatic carbocycles. The van der Waals surface area contributed by atoms with Crippen molar-refractivity contribution in [3.05, 3.63) is 41.5 Å². The Bertz CT molecular complexity index is 1070. The summed E-state index contributed by atoms with van der Waals surface area (Å²) in [4.78, 5) is 54.9. The van der Waals surface area contributed by atoms with Crippen LogP contribution in [0.25, 0.3) is 0 Å². The van der Waals surface area contributed by atoms with Crippen LogP contribution in [-0.2, 0) is 30.3 Å². The summed E-state index contributed by atoms with van der Waals surface area (Å²) in [6, 6.07) is 6.66. The summed E-state index contributed by atoms with van der Waals surface area (Å²) in [5.41, 5.74) is 2.16. The highest BCUT2D eigenvalue weighted by molar-refractivity contribution is 5.95. The van der Waals surface area contributed by atoms with E-state index in [1.54, 1.807) is 14.0 Å². The molecule has 40 heavy (non-hydrogen) atoms. The lowest BCUT2D eigenvalue weighted by atomic mass is 9.85. The van der Waals surface area contributed by atoms with E-state index in [1.807, 2.05) is 29.2 Å². The van der Waals surface area contributed by atoms with E-state index in [0.29, 0.717) is 51.4 Å². The quantitative estimate of drug-likeness (QED) is 0.312. The van der Waals surface area contributed by atoms with E-state index < -0.39 is 12.0 Å². The van der Waals surface area contributed by atoms with Crippen LogP contribution < -0.4 is 10.1 Å². The highest BCUT2D eigenvalue weighted by atomic mass is 16.5. The van der Waals surface area contributed by atoms with Crippen LogP contribution in [0.1, 0.15) is 63.9 Å². The number of nitrogens with zero attached hydrogens (tertiary/aromatic N) is 1. The van der Waals surface area contributed by atoms with Crippen molar-refractivity contribution in [2.24, 2.45) is 17.8 Å². The molecule has 1 saturated heterocycles. The van der Waals surface area contributed by atoms with Gasteiger partial charge in [-0.15, -0.1) is 0 Å². The van der Waals surface area contributed by atoms with Gasteiger partial charge in [-0.3, -0.25) is 24.1 Å².